The van der Waals surface area contributed by atoms with Gasteiger partial charge in [0.15, 0.2) is 0 Å². The topological polar surface area (TPSA) is 49.9 Å². The summed E-state index contributed by atoms with van der Waals surface area (Å²) in [5, 5.41) is 0.553. The number of carbonyl (C=O) groups excluding carboxylic acids is 2. The summed E-state index contributed by atoms with van der Waals surface area (Å²) in [4.78, 5) is 29.6. The van der Waals surface area contributed by atoms with Crippen LogP contribution in [-0.4, -0.2) is 43.0 Å². The monoisotopic (exact) mass is 368 g/mol. The van der Waals surface area contributed by atoms with Crippen LogP contribution in [0.2, 0.25) is 5.02 Å². The summed E-state index contributed by atoms with van der Waals surface area (Å²) in [5.74, 6) is -0.622. The normalized spacial score (nSPS) is 18.0. The zero-order valence-electron chi connectivity index (χ0n) is 14.0. The summed E-state index contributed by atoms with van der Waals surface area (Å²) in [7, 11) is 0. The van der Waals surface area contributed by atoms with Crippen LogP contribution < -0.4 is 4.90 Å². The highest BCUT2D eigenvalue weighted by molar-refractivity contribution is 6.45. The van der Waals surface area contributed by atoms with E-state index in [9.17, 15) is 9.59 Å². The van der Waals surface area contributed by atoms with Crippen LogP contribution in [0.3, 0.4) is 0 Å². The molecule has 132 valence electrons. The van der Waals surface area contributed by atoms with Crippen molar-refractivity contribution in [2.24, 2.45) is 0 Å². The molecule has 2 aromatic carbocycles. The molecule has 26 heavy (non-hydrogen) atoms. The van der Waals surface area contributed by atoms with E-state index in [1.54, 1.807) is 24.3 Å². The molecule has 5 nitrogen and oxygen atoms in total. The number of imide groups is 1. The summed E-state index contributed by atoms with van der Waals surface area (Å²) in [6, 6.07) is 16.0. The van der Waals surface area contributed by atoms with Gasteiger partial charge in [-0.2, -0.15) is 0 Å². The predicted octanol–water partition coefficient (Wildman–Crippen LogP) is 2.96. The van der Waals surface area contributed by atoms with Crippen LogP contribution in [0.1, 0.15) is 5.56 Å². The number of anilines is 1. The summed E-state index contributed by atoms with van der Waals surface area (Å²) < 4.78 is 5.40. The van der Waals surface area contributed by atoms with Crippen LogP contribution in [0.15, 0.2) is 60.3 Å². The van der Waals surface area contributed by atoms with Gasteiger partial charge in [-0.1, -0.05) is 41.9 Å². The summed E-state index contributed by atoms with van der Waals surface area (Å²) in [6.45, 7) is 2.24. The maximum absolute atomic E-state index is 13.2. The van der Waals surface area contributed by atoms with E-state index in [-0.39, 0.29) is 11.8 Å². The van der Waals surface area contributed by atoms with Crippen LogP contribution >= 0.6 is 11.6 Å². The molecule has 0 bridgehead atoms. The first-order chi connectivity index (χ1) is 12.7. The summed E-state index contributed by atoms with van der Waals surface area (Å²) >= 11 is 5.95. The zero-order chi connectivity index (χ0) is 18.1. The van der Waals surface area contributed by atoms with Crippen LogP contribution in [-0.2, 0) is 14.3 Å². The zero-order valence-corrected chi connectivity index (χ0v) is 14.8. The average Bonchev–Trinajstić information content (AvgIpc) is 2.94. The number of hydrogen-bond acceptors (Lipinski definition) is 4. The van der Waals surface area contributed by atoms with Crippen LogP contribution in [0, 0.1) is 0 Å². The van der Waals surface area contributed by atoms with Crippen molar-refractivity contribution >= 4 is 34.7 Å². The van der Waals surface area contributed by atoms with E-state index < -0.39 is 0 Å². The first-order valence-electron chi connectivity index (χ1n) is 8.43. The van der Waals surface area contributed by atoms with Gasteiger partial charge in [-0.15, -0.1) is 0 Å². The Hall–Kier alpha value is -2.63. The van der Waals surface area contributed by atoms with E-state index in [1.165, 1.54) is 4.90 Å². The van der Waals surface area contributed by atoms with Crippen LogP contribution in [0.4, 0.5) is 5.69 Å². The minimum atomic E-state index is -0.315. The van der Waals surface area contributed by atoms with Gasteiger partial charge in [0.05, 0.1) is 24.5 Å². The lowest BCUT2D eigenvalue weighted by Crippen LogP contribution is -2.40. The fraction of sp³-hybridized carbons (Fsp3) is 0.200. The van der Waals surface area contributed by atoms with Gasteiger partial charge < -0.3 is 9.64 Å². The van der Waals surface area contributed by atoms with Crippen LogP contribution in [0.25, 0.3) is 5.57 Å². The highest BCUT2D eigenvalue weighted by Crippen LogP contribution is 2.35. The second-order valence-electron chi connectivity index (χ2n) is 6.11. The fourth-order valence-electron chi connectivity index (χ4n) is 3.29. The second kappa shape index (κ2) is 6.94. The molecule has 2 aromatic rings. The molecular formula is C20H17ClN2O3. The van der Waals surface area contributed by atoms with Gasteiger partial charge >= 0.3 is 0 Å². The van der Waals surface area contributed by atoms with E-state index >= 15 is 0 Å². The number of rotatable bonds is 3. The molecule has 0 aliphatic carbocycles. The predicted molar refractivity (Wildman–Crippen MR) is 99.7 cm³/mol. The first-order valence-corrected chi connectivity index (χ1v) is 8.81. The lowest BCUT2D eigenvalue weighted by atomic mass is 10.0. The lowest BCUT2D eigenvalue weighted by Gasteiger charge is -2.29. The Bertz CT molecular complexity index is 872. The maximum Gasteiger partial charge on any atom is 0.282 e. The van der Waals surface area contributed by atoms with E-state index in [2.05, 4.69) is 0 Å². The van der Waals surface area contributed by atoms with Crippen molar-refractivity contribution in [3.8, 4) is 0 Å². The molecule has 2 aliphatic rings. The van der Waals surface area contributed by atoms with E-state index in [0.29, 0.717) is 48.3 Å². The van der Waals surface area contributed by atoms with Crippen molar-refractivity contribution in [2.45, 2.75) is 0 Å². The maximum atomic E-state index is 13.2. The standard InChI is InChI=1S/C20H17ClN2O3/c21-15-6-8-16(9-7-15)23-19(24)17(14-4-2-1-3-5-14)18(20(23)25)22-10-12-26-13-11-22/h1-9H,10-13H2. The third kappa shape index (κ3) is 2.89. The Morgan fingerprint density at radius 1 is 0.846 bits per heavy atom. The molecule has 0 atom stereocenters. The second-order valence-corrected chi connectivity index (χ2v) is 6.55. The molecule has 6 heteroatoms. The van der Waals surface area contributed by atoms with Gasteiger partial charge in [0.2, 0.25) is 0 Å². The van der Waals surface area contributed by atoms with Crippen molar-refractivity contribution in [3.63, 3.8) is 0 Å². The number of benzene rings is 2. The third-order valence-corrected chi connectivity index (χ3v) is 4.79. The number of morpholine rings is 1. The lowest BCUT2D eigenvalue weighted by molar-refractivity contribution is -0.121. The van der Waals surface area contributed by atoms with E-state index in [4.69, 9.17) is 16.3 Å². The van der Waals surface area contributed by atoms with Gasteiger partial charge in [-0.3, -0.25) is 9.59 Å². The Kier molecular flexibility index (Phi) is 4.49. The highest BCUT2D eigenvalue weighted by atomic mass is 35.5. The Morgan fingerprint density at radius 2 is 1.50 bits per heavy atom. The molecule has 0 unspecified atom stereocenters. The number of nitrogens with zero attached hydrogens (tertiary/aromatic N) is 2. The van der Waals surface area contributed by atoms with Crippen molar-refractivity contribution in [1.82, 2.24) is 4.90 Å². The molecule has 0 aromatic heterocycles. The van der Waals surface area contributed by atoms with Crippen molar-refractivity contribution in [1.29, 1.82) is 0 Å². The molecule has 0 saturated carbocycles. The first kappa shape index (κ1) is 16.8. The third-order valence-electron chi connectivity index (χ3n) is 4.53. The van der Waals surface area contributed by atoms with Gasteiger partial charge in [0.1, 0.15) is 5.70 Å². The molecule has 2 aliphatic heterocycles. The summed E-state index contributed by atoms with van der Waals surface area (Å²) in [5.41, 5.74) is 2.14. The Morgan fingerprint density at radius 3 is 2.15 bits per heavy atom. The van der Waals surface area contributed by atoms with Gasteiger partial charge in [0.25, 0.3) is 11.8 Å². The number of amides is 2. The molecule has 0 radical (unpaired) electrons. The van der Waals surface area contributed by atoms with Gasteiger partial charge in [0, 0.05) is 18.1 Å². The van der Waals surface area contributed by atoms with E-state index in [1.807, 2.05) is 35.2 Å². The van der Waals surface area contributed by atoms with Crippen molar-refractivity contribution in [2.75, 3.05) is 31.2 Å². The Balaban J connectivity index is 1.81. The minimum absolute atomic E-state index is 0.307. The van der Waals surface area contributed by atoms with Crippen molar-refractivity contribution < 1.29 is 14.3 Å². The molecule has 2 amide bonds. The highest BCUT2D eigenvalue weighted by Gasteiger charge is 2.42. The van der Waals surface area contributed by atoms with Crippen LogP contribution in [0.5, 0.6) is 0 Å². The molecule has 1 saturated heterocycles. The largest absolute Gasteiger partial charge is 0.378 e. The smallest absolute Gasteiger partial charge is 0.282 e. The van der Waals surface area contributed by atoms with Gasteiger partial charge in [-0.05, 0) is 29.8 Å². The number of ether oxygens (including phenoxy) is 1. The molecule has 2 heterocycles. The molecule has 0 N–H and O–H groups in total. The van der Waals surface area contributed by atoms with Gasteiger partial charge in [-0.25, -0.2) is 4.90 Å². The number of carbonyl (C=O) groups is 2. The molecule has 0 spiro atoms. The SMILES string of the molecule is O=C1C(c2ccccc2)=C(N2CCOCC2)C(=O)N1c1ccc(Cl)cc1. The molecular weight excluding hydrogens is 352 g/mol. The number of hydrogen-bond donors (Lipinski definition) is 0. The number of halogens is 1. The van der Waals surface area contributed by atoms with E-state index in [0.717, 1.165) is 5.56 Å². The average molecular weight is 369 g/mol. The molecule has 4 rings (SSSR count). The minimum Gasteiger partial charge on any atom is -0.378 e. The summed E-state index contributed by atoms with van der Waals surface area (Å²) in [6.07, 6.45) is 0. The van der Waals surface area contributed by atoms with Crippen molar-refractivity contribution in [3.05, 3.63) is 70.9 Å². The Labute approximate surface area is 156 Å². The quantitative estimate of drug-likeness (QED) is 0.782. The molecule has 1 fully saturated rings. The fourth-order valence-corrected chi connectivity index (χ4v) is 3.41.